The molecule has 1 unspecified atom stereocenters. The maximum atomic E-state index is 11.5. The van der Waals surface area contributed by atoms with E-state index in [-0.39, 0.29) is 58.0 Å². The van der Waals surface area contributed by atoms with Gasteiger partial charge in [0.2, 0.25) is 16.3 Å². The van der Waals surface area contributed by atoms with E-state index in [1.54, 1.807) is 0 Å². The molecule has 0 saturated carbocycles. The Morgan fingerprint density at radius 3 is 1.97 bits per heavy atom. The Kier molecular flexibility index (Phi) is 23.5. The van der Waals surface area contributed by atoms with Crippen LogP contribution in [0, 0.1) is 0 Å². The van der Waals surface area contributed by atoms with E-state index in [1.807, 2.05) is 0 Å². The molecular formula is C26H48KNO9S. The number of carbonyl (C=O) groups is 1. The van der Waals surface area contributed by atoms with Crippen LogP contribution in [0.2, 0.25) is 0 Å². The third-order valence-electron chi connectivity index (χ3n) is 6.39. The summed E-state index contributed by atoms with van der Waals surface area (Å²) in [6.45, 7) is 3.01. The van der Waals surface area contributed by atoms with Crippen molar-refractivity contribution in [3.8, 4) is 0 Å². The average molecular weight is 590 g/mol. The van der Waals surface area contributed by atoms with Gasteiger partial charge in [-0.3, -0.25) is 8.98 Å². The summed E-state index contributed by atoms with van der Waals surface area (Å²) in [5.41, 5.74) is 0. The van der Waals surface area contributed by atoms with Crippen LogP contribution in [0.5, 0.6) is 0 Å². The second-order valence-electron chi connectivity index (χ2n) is 9.75. The zero-order valence-electron chi connectivity index (χ0n) is 23.5. The fraction of sp³-hybridized carbons (Fsp3) is 0.885. The molecule has 0 aromatic rings. The van der Waals surface area contributed by atoms with E-state index in [0.29, 0.717) is 0 Å². The number of hydrogen-bond donors (Lipinski definition) is 3. The number of carbonyl (C=O) groups excluding carboxylic acids is 1. The molecule has 38 heavy (non-hydrogen) atoms. The molecule has 0 aliphatic carbocycles. The van der Waals surface area contributed by atoms with Crippen LogP contribution in [0.1, 0.15) is 104 Å². The van der Waals surface area contributed by atoms with E-state index in [0.717, 1.165) is 32.1 Å². The largest absolute Gasteiger partial charge is 1.00 e. The summed E-state index contributed by atoms with van der Waals surface area (Å²) < 4.78 is 47.6. The first kappa shape index (κ1) is 38.6. The quantitative estimate of drug-likeness (QED) is 0.0570. The van der Waals surface area contributed by atoms with Gasteiger partial charge < -0.3 is 29.6 Å². The Bertz CT molecular complexity index is 738. The van der Waals surface area contributed by atoms with Crippen molar-refractivity contribution in [3.05, 3.63) is 12.2 Å². The van der Waals surface area contributed by atoms with Crippen LogP contribution >= 0.6 is 0 Å². The molecule has 0 spiro atoms. The Morgan fingerprint density at radius 2 is 1.45 bits per heavy atom. The van der Waals surface area contributed by atoms with Gasteiger partial charge in [-0.1, -0.05) is 76.9 Å². The molecule has 1 aliphatic rings. The molecule has 1 rings (SSSR count). The van der Waals surface area contributed by atoms with Crippen LogP contribution in [-0.4, -0.2) is 72.9 Å². The van der Waals surface area contributed by atoms with Gasteiger partial charge in [-0.15, -0.1) is 0 Å². The first-order valence-corrected chi connectivity index (χ1v) is 15.1. The van der Waals surface area contributed by atoms with Crippen LogP contribution in [0.15, 0.2) is 12.2 Å². The first-order chi connectivity index (χ1) is 17.7. The number of rotatable bonds is 21. The van der Waals surface area contributed by atoms with Gasteiger partial charge >= 0.3 is 51.4 Å². The molecule has 5 atom stereocenters. The van der Waals surface area contributed by atoms with Crippen molar-refractivity contribution >= 4 is 16.3 Å². The Hall–Kier alpha value is 0.556. The normalized spacial score (nSPS) is 23.9. The number of aliphatic hydroxyl groups excluding tert-OH is 2. The zero-order chi connectivity index (χ0) is 27.5. The van der Waals surface area contributed by atoms with Crippen LogP contribution in [0.3, 0.4) is 0 Å². The van der Waals surface area contributed by atoms with Gasteiger partial charge in [0.1, 0.15) is 24.4 Å². The molecule has 0 aromatic heterocycles. The van der Waals surface area contributed by atoms with Crippen LogP contribution in [-0.2, 0) is 28.9 Å². The fourth-order valence-electron chi connectivity index (χ4n) is 4.30. The topological polar surface area (TPSA) is 154 Å². The standard InChI is InChI=1S/C26H49NO9S.K/c1-3-4-5-6-7-8-9-10-11-12-13-14-15-16-17-18-19-34-26-23(27-21(2)28)25(30)24(29)22(36-26)20-35-37(31,32)33;/h10-11,22-26,29-30H,3-9,12-20H2,1-2H3,(H,27,28)(H,31,32,33);/q;+1/p-1/b11-10-;/t22-,23?,24-,25-,26+;/m1./s1. The van der Waals surface area contributed by atoms with Gasteiger partial charge in [0, 0.05) is 13.5 Å². The minimum atomic E-state index is -5.00. The maximum Gasteiger partial charge on any atom is 1.00 e. The molecule has 0 bridgehead atoms. The van der Waals surface area contributed by atoms with E-state index in [4.69, 9.17) is 9.47 Å². The monoisotopic (exact) mass is 589 g/mol. The van der Waals surface area contributed by atoms with Gasteiger partial charge in [-0.25, -0.2) is 8.42 Å². The summed E-state index contributed by atoms with van der Waals surface area (Å²) in [7, 11) is -5.00. The van der Waals surface area contributed by atoms with E-state index in [9.17, 15) is 28.0 Å². The fourth-order valence-corrected chi connectivity index (χ4v) is 4.60. The van der Waals surface area contributed by atoms with E-state index < -0.39 is 53.6 Å². The molecule has 0 aromatic carbocycles. The summed E-state index contributed by atoms with van der Waals surface area (Å²) in [6.07, 6.45) is 15.6. The minimum Gasteiger partial charge on any atom is -0.726 e. The van der Waals surface area contributed by atoms with Crippen molar-refractivity contribution in [2.24, 2.45) is 0 Å². The molecule has 1 aliphatic heterocycles. The summed E-state index contributed by atoms with van der Waals surface area (Å²) in [4.78, 5) is 11.5. The van der Waals surface area contributed by atoms with Crippen molar-refractivity contribution in [2.75, 3.05) is 13.2 Å². The van der Waals surface area contributed by atoms with Crippen LogP contribution in [0.25, 0.3) is 0 Å². The summed E-state index contributed by atoms with van der Waals surface area (Å²) >= 11 is 0. The minimum absolute atomic E-state index is 0. The van der Waals surface area contributed by atoms with Gasteiger partial charge in [0.05, 0.1) is 6.61 Å². The number of nitrogens with one attached hydrogen (secondary N) is 1. The summed E-state index contributed by atoms with van der Waals surface area (Å²) in [5.74, 6) is -0.456. The van der Waals surface area contributed by atoms with Crippen molar-refractivity contribution in [3.63, 3.8) is 0 Å². The van der Waals surface area contributed by atoms with E-state index >= 15 is 0 Å². The van der Waals surface area contributed by atoms with Crippen LogP contribution < -0.4 is 56.7 Å². The molecule has 1 heterocycles. The molecular weight excluding hydrogens is 541 g/mol. The third kappa shape index (κ3) is 18.8. The van der Waals surface area contributed by atoms with Crippen molar-refractivity contribution in [1.82, 2.24) is 5.32 Å². The maximum absolute atomic E-state index is 11.5. The predicted octanol–water partition coefficient (Wildman–Crippen LogP) is 0.473. The number of hydrogen-bond acceptors (Lipinski definition) is 9. The number of allylic oxidation sites excluding steroid dienone is 2. The van der Waals surface area contributed by atoms with E-state index in [2.05, 4.69) is 28.6 Å². The molecule has 1 saturated heterocycles. The first-order valence-electron chi connectivity index (χ1n) is 13.8. The zero-order valence-corrected chi connectivity index (χ0v) is 27.5. The molecule has 218 valence electrons. The SMILES string of the molecule is CCCCCCCC/C=C\CCCCCCCCO[C@H]1O[C@H](COS(=O)(=O)[O-])[C@@H](O)[C@H](O)C1NC(C)=O.[K+]. The number of aliphatic hydroxyl groups is 2. The Balaban J connectivity index is 0.0000137. The predicted molar refractivity (Wildman–Crippen MR) is 139 cm³/mol. The Labute approximate surface area is 272 Å². The molecule has 3 N–H and O–H groups in total. The summed E-state index contributed by atoms with van der Waals surface area (Å²) in [5, 5.41) is 23.1. The van der Waals surface area contributed by atoms with Crippen molar-refractivity contribution in [2.45, 2.75) is 134 Å². The molecule has 12 heteroatoms. The van der Waals surface area contributed by atoms with Gasteiger partial charge in [0.25, 0.3) is 0 Å². The van der Waals surface area contributed by atoms with Crippen molar-refractivity contribution < 1.29 is 93.0 Å². The number of unbranched alkanes of at least 4 members (excludes halogenated alkanes) is 12. The van der Waals surface area contributed by atoms with Gasteiger partial charge in [-0.05, 0) is 32.1 Å². The average Bonchev–Trinajstić information content (AvgIpc) is 2.83. The second-order valence-corrected chi connectivity index (χ2v) is 10.8. The second kappa shape index (κ2) is 23.2. The Morgan fingerprint density at radius 1 is 0.921 bits per heavy atom. The molecule has 1 fully saturated rings. The third-order valence-corrected chi connectivity index (χ3v) is 6.81. The molecule has 0 radical (unpaired) electrons. The number of amides is 1. The van der Waals surface area contributed by atoms with Gasteiger partial charge in [0.15, 0.2) is 6.29 Å². The van der Waals surface area contributed by atoms with Crippen molar-refractivity contribution in [1.29, 1.82) is 0 Å². The number of ether oxygens (including phenoxy) is 2. The van der Waals surface area contributed by atoms with Gasteiger partial charge in [-0.2, -0.15) is 0 Å². The molecule has 10 nitrogen and oxygen atoms in total. The summed E-state index contributed by atoms with van der Waals surface area (Å²) in [6, 6.07) is -1.05. The van der Waals surface area contributed by atoms with E-state index in [1.165, 1.54) is 64.7 Å². The smallest absolute Gasteiger partial charge is 0.726 e. The molecule has 1 amide bonds. The van der Waals surface area contributed by atoms with Crippen LogP contribution in [0.4, 0.5) is 0 Å².